The molecular formula is C12H16N6O4S. The van der Waals surface area contributed by atoms with E-state index in [1.807, 2.05) is 0 Å². The third-order valence-corrected chi connectivity index (χ3v) is 3.76. The van der Waals surface area contributed by atoms with E-state index >= 15 is 0 Å². The number of rotatable bonds is 4. The van der Waals surface area contributed by atoms with Crippen molar-refractivity contribution in [3.63, 3.8) is 0 Å². The quantitative estimate of drug-likeness (QED) is 0.834. The molecule has 0 radical (unpaired) electrons. The van der Waals surface area contributed by atoms with Crippen LogP contribution in [0.3, 0.4) is 0 Å². The number of hydrogen-bond acceptors (Lipinski definition) is 6. The largest absolute Gasteiger partial charge is 0.465 e. The van der Waals surface area contributed by atoms with E-state index in [0.717, 1.165) is 6.26 Å². The number of nitrogens with one attached hydrogen (secondary N) is 1. The van der Waals surface area contributed by atoms with Crippen LogP contribution < -0.4 is 9.62 Å². The van der Waals surface area contributed by atoms with Gasteiger partial charge < -0.3 is 5.11 Å². The van der Waals surface area contributed by atoms with E-state index < -0.39 is 23.1 Å². The highest BCUT2D eigenvalue weighted by Crippen LogP contribution is 2.27. The van der Waals surface area contributed by atoms with E-state index in [4.69, 9.17) is 9.22 Å². The maximum absolute atomic E-state index is 11.9. The van der Waals surface area contributed by atoms with Gasteiger partial charge in [-0.2, -0.15) is 0 Å². The van der Waals surface area contributed by atoms with Crippen molar-refractivity contribution in [3.8, 4) is 11.4 Å². The minimum atomic E-state index is -4.09. The van der Waals surface area contributed by atoms with Crippen molar-refractivity contribution in [2.24, 2.45) is 7.05 Å². The van der Waals surface area contributed by atoms with E-state index in [2.05, 4.69) is 20.6 Å². The number of amides is 1. The second kappa shape index (κ2) is 5.83. The van der Waals surface area contributed by atoms with Crippen LogP contribution in [0, 0.1) is 6.92 Å². The van der Waals surface area contributed by atoms with Gasteiger partial charge in [0.1, 0.15) is 0 Å². The lowest BCUT2D eigenvalue weighted by atomic mass is 10.2. The predicted molar refractivity (Wildman–Crippen MR) is 83.9 cm³/mol. The van der Waals surface area contributed by atoms with E-state index in [9.17, 15) is 13.2 Å². The van der Waals surface area contributed by atoms with Crippen LogP contribution in [0.1, 0.15) is 9.81 Å². The maximum atomic E-state index is 11.9. The summed E-state index contributed by atoms with van der Waals surface area (Å²) >= 11 is 0. The molecule has 0 aliphatic heterocycles. The third-order valence-electron chi connectivity index (χ3n) is 2.90. The highest BCUT2D eigenvalue weighted by Gasteiger charge is 2.19. The summed E-state index contributed by atoms with van der Waals surface area (Å²) in [5, 5.41) is 18.6. The molecule has 0 spiro atoms. The zero-order valence-corrected chi connectivity index (χ0v) is 13.3. The van der Waals surface area contributed by atoms with Gasteiger partial charge in [0.15, 0.2) is 11.5 Å². The Kier molecular flexibility index (Phi) is 3.25. The molecule has 0 aliphatic rings. The molecule has 10 nitrogen and oxygen atoms in total. The molecular weight excluding hydrogens is 324 g/mol. The van der Waals surface area contributed by atoms with Crippen molar-refractivity contribution in [2.45, 2.75) is 6.92 Å². The topological polar surface area (TPSA) is 130 Å². The zero-order chi connectivity index (χ0) is 19.9. The van der Waals surface area contributed by atoms with E-state index in [1.54, 1.807) is 0 Å². The molecule has 1 amide bonds. The van der Waals surface area contributed by atoms with Gasteiger partial charge in [-0.1, -0.05) is 5.21 Å². The number of nitrogens with zero attached hydrogens (tertiary/aromatic N) is 5. The van der Waals surface area contributed by atoms with Crippen LogP contribution in [0.25, 0.3) is 11.4 Å². The molecule has 11 heteroatoms. The zero-order valence-electron chi connectivity index (χ0n) is 15.5. The number of carboxylic acid groups (broad SMARTS) is 1. The van der Waals surface area contributed by atoms with Gasteiger partial charge in [0.05, 0.1) is 23.3 Å². The Bertz CT molecular complexity index is 956. The monoisotopic (exact) mass is 343 g/mol. The normalized spacial score (nSPS) is 13.8. The Morgan fingerprint density at radius 3 is 2.70 bits per heavy atom. The van der Waals surface area contributed by atoms with Crippen molar-refractivity contribution in [1.29, 1.82) is 0 Å². The molecule has 0 unspecified atom stereocenters. The first-order valence-corrected chi connectivity index (χ1v) is 8.05. The summed E-state index contributed by atoms with van der Waals surface area (Å²) in [5.41, 5.74) is 0.301. The summed E-state index contributed by atoms with van der Waals surface area (Å²) in [5.74, 6) is 0.0629. The Labute approximate surface area is 137 Å². The van der Waals surface area contributed by atoms with Crippen molar-refractivity contribution < 1.29 is 22.4 Å². The number of hydrogen-bond donors (Lipinski definition) is 2. The van der Waals surface area contributed by atoms with E-state index in [-0.39, 0.29) is 28.6 Å². The van der Waals surface area contributed by atoms with Gasteiger partial charge in [0.25, 0.3) is 0 Å². The molecule has 2 aromatic heterocycles. The lowest BCUT2D eigenvalue weighted by Crippen LogP contribution is -2.25. The smallest absolute Gasteiger partial charge is 0.410 e. The summed E-state index contributed by atoms with van der Waals surface area (Å²) < 4.78 is 47.7. The van der Waals surface area contributed by atoms with Crippen LogP contribution in [0.5, 0.6) is 0 Å². The van der Waals surface area contributed by atoms with Crippen LogP contribution >= 0.6 is 0 Å². The van der Waals surface area contributed by atoms with Crippen LogP contribution in [0.2, 0.25) is 0 Å². The second-order valence-corrected chi connectivity index (χ2v) is 6.50. The molecule has 2 heterocycles. The third kappa shape index (κ3) is 3.39. The molecule has 0 saturated carbocycles. The summed E-state index contributed by atoms with van der Waals surface area (Å²) in [4.78, 5) is 15.1. The average Bonchev–Trinajstić information content (AvgIpc) is 2.79. The van der Waals surface area contributed by atoms with Gasteiger partial charge >= 0.3 is 6.09 Å². The van der Waals surface area contributed by atoms with Gasteiger partial charge in [-0.05, 0) is 19.1 Å². The molecule has 124 valence electrons. The summed E-state index contributed by atoms with van der Waals surface area (Å²) in [6.07, 6.45) is -0.541. The number of carbonyl (C=O) groups is 1. The first-order chi connectivity index (χ1) is 11.8. The SMILES string of the molecule is [2H]C([2H])([2H])N(c1ccc(-c2nnn(C)c2NC(=O)O)nc1C)S(C)(=O)=O. The van der Waals surface area contributed by atoms with Crippen molar-refractivity contribution in [1.82, 2.24) is 20.0 Å². The minimum absolute atomic E-state index is 0.0629. The van der Waals surface area contributed by atoms with E-state index in [1.165, 1.54) is 30.8 Å². The van der Waals surface area contributed by atoms with Crippen molar-refractivity contribution >= 4 is 27.6 Å². The highest BCUT2D eigenvalue weighted by molar-refractivity contribution is 7.92. The Hall–Kier alpha value is -2.69. The molecule has 2 N–H and O–H groups in total. The Morgan fingerprint density at radius 1 is 1.48 bits per heavy atom. The minimum Gasteiger partial charge on any atom is -0.465 e. The molecule has 0 atom stereocenters. The predicted octanol–water partition coefficient (Wildman–Crippen LogP) is 0.671. The van der Waals surface area contributed by atoms with Gasteiger partial charge in [-0.3, -0.25) is 9.62 Å². The van der Waals surface area contributed by atoms with Crippen molar-refractivity contribution in [2.75, 3.05) is 22.9 Å². The fraction of sp³-hybridized carbons (Fsp3) is 0.333. The molecule has 0 bridgehead atoms. The summed E-state index contributed by atoms with van der Waals surface area (Å²) in [7, 11) is -2.61. The van der Waals surface area contributed by atoms with Crippen molar-refractivity contribution in [3.05, 3.63) is 17.8 Å². The highest BCUT2D eigenvalue weighted by atomic mass is 32.2. The number of sulfonamides is 1. The lowest BCUT2D eigenvalue weighted by molar-refractivity contribution is 0.209. The van der Waals surface area contributed by atoms with Gasteiger partial charge in [-0.25, -0.2) is 22.9 Å². The van der Waals surface area contributed by atoms with Gasteiger partial charge in [0.2, 0.25) is 10.0 Å². The Morgan fingerprint density at radius 2 is 2.17 bits per heavy atom. The fourth-order valence-corrected chi connectivity index (χ4v) is 2.40. The van der Waals surface area contributed by atoms with Crippen LogP contribution in [-0.4, -0.2) is 52.8 Å². The van der Waals surface area contributed by atoms with Crippen LogP contribution in [0.15, 0.2) is 12.1 Å². The lowest BCUT2D eigenvalue weighted by Gasteiger charge is -2.18. The number of pyridine rings is 1. The Balaban J connectivity index is 2.57. The standard InChI is InChI=1S/C12H16N6O4S/c1-7-9(18(3)23(4,21)22)6-5-8(13-7)10-11(14-12(19)20)17(2)16-15-10/h5-6,14H,1-4H3,(H,19,20)/i3D3. The molecule has 0 fully saturated rings. The molecule has 23 heavy (non-hydrogen) atoms. The maximum Gasteiger partial charge on any atom is 0.410 e. The van der Waals surface area contributed by atoms with Crippen LogP contribution in [-0.2, 0) is 17.1 Å². The first-order valence-electron chi connectivity index (χ1n) is 7.70. The second-order valence-electron chi connectivity index (χ2n) is 4.67. The molecule has 2 aromatic rings. The summed E-state index contributed by atoms with van der Waals surface area (Å²) in [6, 6.07) is 2.60. The number of aromatic nitrogens is 4. The average molecular weight is 343 g/mol. The molecule has 0 saturated heterocycles. The fourth-order valence-electron chi connectivity index (χ4n) is 1.85. The van der Waals surface area contributed by atoms with Gasteiger partial charge in [-0.15, -0.1) is 5.10 Å². The molecule has 0 aliphatic carbocycles. The molecule has 0 aromatic carbocycles. The number of anilines is 2. The van der Waals surface area contributed by atoms with Crippen LogP contribution in [0.4, 0.5) is 16.3 Å². The number of aryl methyl sites for hydroxylation is 2. The van der Waals surface area contributed by atoms with Gasteiger partial charge in [0, 0.05) is 18.1 Å². The first kappa shape index (κ1) is 12.8. The van der Waals surface area contributed by atoms with E-state index in [0.29, 0.717) is 4.31 Å². The summed E-state index contributed by atoms with van der Waals surface area (Å²) in [6.45, 7) is -1.49. The molecule has 2 rings (SSSR count).